The topological polar surface area (TPSA) is 66.9 Å². The highest BCUT2D eigenvalue weighted by atomic mass is 16.6. The largest absolute Gasteiger partial charge is 0.447 e. The third-order valence-corrected chi connectivity index (χ3v) is 5.02. The van der Waals surface area contributed by atoms with Crippen LogP contribution in [0.2, 0.25) is 0 Å². The monoisotopic (exact) mass is 306 g/mol. The van der Waals surface area contributed by atoms with Crippen molar-refractivity contribution in [2.45, 2.75) is 39.3 Å². The minimum Gasteiger partial charge on any atom is -0.447 e. The summed E-state index contributed by atoms with van der Waals surface area (Å²) in [5, 5.41) is 0. The van der Waals surface area contributed by atoms with Crippen molar-refractivity contribution in [1.29, 1.82) is 0 Å². The Morgan fingerprint density at radius 2 is 1.86 bits per heavy atom. The molecule has 6 heteroatoms. The molecule has 0 aromatic carbocycles. The fourth-order valence-corrected chi connectivity index (χ4v) is 3.72. The lowest BCUT2D eigenvalue weighted by atomic mass is 9.78. The lowest BCUT2D eigenvalue weighted by molar-refractivity contribution is -0.138. The molecule has 0 N–H and O–H groups in total. The number of hydrogen-bond donors (Lipinski definition) is 0. The van der Waals surface area contributed by atoms with Crippen LogP contribution in [0.4, 0.5) is 4.79 Å². The Balaban J connectivity index is 1.98. The molecule has 0 unspecified atom stereocenters. The van der Waals surface area contributed by atoms with Gasteiger partial charge in [-0.25, -0.2) is 4.79 Å². The molecule has 1 aliphatic carbocycles. The highest BCUT2D eigenvalue weighted by molar-refractivity contribution is 6.05. The van der Waals surface area contributed by atoms with E-state index in [2.05, 4.69) is 0 Å². The van der Waals surface area contributed by atoms with Crippen LogP contribution in [0.3, 0.4) is 0 Å². The molecule has 2 heterocycles. The number of hydrogen-bond acceptors (Lipinski definition) is 4. The summed E-state index contributed by atoms with van der Waals surface area (Å²) in [7, 11) is 1.52. The van der Waals surface area contributed by atoms with Gasteiger partial charge in [0.05, 0.1) is 23.9 Å². The number of cyclic esters (lactones) is 1. The Kier molecular flexibility index (Phi) is 3.30. The van der Waals surface area contributed by atoms with Gasteiger partial charge in [-0.2, -0.15) is 0 Å². The van der Waals surface area contributed by atoms with Crippen LogP contribution in [-0.2, 0) is 14.3 Å². The van der Waals surface area contributed by atoms with Crippen LogP contribution in [0.5, 0.6) is 0 Å². The first-order valence-electron chi connectivity index (χ1n) is 7.66. The molecule has 0 radical (unpaired) electrons. The van der Waals surface area contributed by atoms with Gasteiger partial charge in [0.1, 0.15) is 6.61 Å². The Hall–Kier alpha value is -1.85. The summed E-state index contributed by atoms with van der Waals surface area (Å²) in [5.74, 6) is -1.19. The average molecular weight is 306 g/mol. The summed E-state index contributed by atoms with van der Waals surface area (Å²) in [4.78, 5) is 39.8. The summed E-state index contributed by atoms with van der Waals surface area (Å²) < 4.78 is 5.24. The van der Waals surface area contributed by atoms with Crippen LogP contribution in [0.1, 0.15) is 27.2 Å². The molecule has 0 aromatic heterocycles. The van der Waals surface area contributed by atoms with Crippen molar-refractivity contribution >= 4 is 17.9 Å². The van der Waals surface area contributed by atoms with E-state index < -0.39 is 18.1 Å². The van der Waals surface area contributed by atoms with E-state index in [0.29, 0.717) is 13.0 Å². The molecule has 4 atom stereocenters. The van der Waals surface area contributed by atoms with Gasteiger partial charge in [-0.1, -0.05) is 32.9 Å². The maximum absolute atomic E-state index is 12.5. The molecule has 0 saturated carbocycles. The summed E-state index contributed by atoms with van der Waals surface area (Å²) in [6.45, 7) is 6.46. The molecule has 22 heavy (non-hydrogen) atoms. The molecule has 6 nitrogen and oxygen atoms in total. The van der Waals surface area contributed by atoms with E-state index in [1.807, 2.05) is 32.9 Å². The third kappa shape index (κ3) is 2.04. The molecular weight excluding hydrogens is 284 g/mol. The Morgan fingerprint density at radius 1 is 1.18 bits per heavy atom. The van der Waals surface area contributed by atoms with Crippen LogP contribution in [0, 0.1) is 17.3 Å². The molecule has 3 amide bonds. The second-order valence-corrected chi connectivity index (χ2v) is 7.39. The maximum atomic E-state index is 12.5. The number of fused-ring (bicyclic) bond motifs is 1. The second kappa shape index (κ2) is 4.83. The molecule has 3 rings (SSSR count). The smallest absolute Gasteiger partial charge is 0.410 e. The highest BCUT2D eigenvalue weighted by Gasteiger charge is 2.55. The van der Waals surface area contributed by atoms with Gasteiger partial charge in [-0.05, 0) is 11.8 Å². The summed E-state index contributed by atoms with van der Waals surface area (Å²) in [6, 6.07) is -0.512. The molecule has 120 valence electrons. The van der Waals surface area contributed by atoms with E-state index in [1.165, 1.54) is 11.9 Å². The van der Waals surface area contributed by atoms with Crippen molar-refractivity contribution in [3.8, 4) is 0 Å². The van der Waals surface area contributed by atoms with Crippen molar-refractivity contribution in [3.63, 3.8) is 0 Å². The Bertz CT molecular complexity index is 563. The van der Waals surface area contributed by atoms with E-state index >= 15 is 0 Å². The molecule has 0 bridgehead atoms. The SMILES string of the molecule is CN1C(=O)[C@@H]2[C@@H](CC=C[C@@H]2N2C(=O)OC[C@@H]2C(C)(C)C)C1=O. The van der Waals surface area contributed by atoms with Crippen LogP contribution < -0.4 is 0 Å². The first-order valence-corrected chi connectivity index (χ1v) is 7.66. The molecule has 2 aliphatic heterocycles. The minimum absolute atomic E-state index is 0.109. The van der Waals surface area contributed by atoms with Crippen molar-refractivity contribution in [2.75, 3.05) is 13.7 Å². The molecule has 2 saturated heterocycles. The fourth-order valence-electron chi connectivity index (χ4n) is 3.72. The van der Waals surface area contributed by atoms with E-state index in [1.54, 1.807) is 4.90 Å². The van der Waals surface area contributed by atoms with Crippen molar-refractivity contribution in [2.24, 2.45) is 17.3 Å². The predicted octanol–water partition coefficient (Wildman–Crippen LogP) is 1.41. The van der Waals surface area contributed by atoms with Crippen molar-refractivity contribution in [1.82, 2.24) is 9.80 Å². The fraction of sp³-hybridized carbons (Fsp3) is 0.688. The van der Waals surface area contributed by atoms with E-state index in [9.17, 15) is 14.4 Å². The number of likely N-dealkylation sites (tertiary alicyclic amines) is 1. The lowest BCUT2D eigenvalue weighted by Crippen LogP contribution is -2.53. The Morgan fingerprint density at radius 3 is 2.50 bits per heavy atom. The zero-order valence-corrected chi connectivity index (χ0v) is 13.4. The van der Waals surface area contributed by atoms with E-state index in [0.717, 1.165) is 0 Å². The van der Waals surface area contributed by atoms with Gasteiger partial charge < -0.3 is 4.74 Å². The first-order chi connectivity index (χ1) is 10.2. The van der Waals surface area contributed by atoms with Gasteiger partial charge in [-0.3, -0.25) is 19.4 Å². The number of carbonyl (C=O) groups is 3. The highest BCUT2D eigenvalue weighted by Crippen LogP contribution is 2.41. The number of imide groups is 1. The van der Waals surface area contributed by atoms with Crippen LogP contribution in [0.25, 0.3) is 0 Å². The van der Waals surface area contributed by atoms with Crippen LogP contribution >= 0.6 is 0 Å². The van der Waals surface area contributed by atoms with Gasteiger partial charge in [0.25, 0.3) is 0 Å². The van der Waals surface area contributed by atoms with Gasteiger partial charge >= 0.3 is 6.09 Å². The van der Waals surface area contributed by atoms with Crippen LogP contribution in [0.15, 0.2) is 12.2 Å². The molecular formula is C16H22N2O4. The zero-order chi connectivity index (χ0) is 16.2. The normalized spacial score (nSPS) is 35.2. The first kappa shape index (κ1) is 15.1. The average Bonchev–Trinajstić information content (AvgIpc) is 2.94. The van der Waals surface area contributed by atoms with Gasteiger partial charge in [0.2, 0.25) is 11.8 Å². The van der Waals surface area contributed by atoms with E-state index in [4.69, 9.17) is 4.74 Å². The quantitative estimate of drug-likeness (QED) is 0.543. The molecule has 3 aliphatic rings. The predicted molar refractivity (Wildman–Crippen MR) is 78.7 cm³/mol. The number of nitrogens with zero attached hydrogens (tertiary/aromatic N) is 2. The number of ether oxygens (including phenoxy) is 1. The number of rotatable bonds is 1. The van der Waals surface area contributed by atoms with Gasteiger partial charge in [-0.15, -0.1) is 0 Å². The second-order valence-electron chi connectivity index (χ2n) is 7.39. The number of amides is 3. The Labute approximate surface area is 130 Å². The van der Waals surface area contributed by atoms with E-state index in [-0.39, 0.29) is 29.2 Å². The summed E-state index contributed by atoms with van der Waals surface area (Å²) >= 11 is 0. The van der Waals surface area contributed by atoms with Crippen molar-refractivity contribution in [3.05, 3.63) is 12.2 Å². The number of carbonyl (C=O) groups excluding carboxylic acids is 3. The maximum Gasteiger partial charge on any atom is 0.410 e. The third-order valence-electron chi connectivity index (χ3n) is 5.02. The van der Waals surface area contributed by atoms with Crippen LogP contribution in [-0.4, -0.2) is 53.4 Å². The van der Waals surface area contributed by atoms with Crippen molar-refractivity contribution < 1.29 is 19.1 Å². The summed E-state index contributed by atoms with van der Waals surface area (Å²) in [6.07, 6.45) is 3.95. The summed E-state index contributed by atoms with van der Waals surface area (Å²) in [5.41, 5.74) is -0.162. The molecule has 0 aromatic rings. The zero-order valence-electron chi connectivity index (χ0n) is 13.4. The standard InChI is InChI=1S/C16H22N2O4/c1-16(2,3)11-8-22-15(21)18(11)10-7-5-6-9-12(10)14(20)17(4)13(9)19/h5,7,9-12H,6,8H2,1-4H3/t9-,10+,11-,12-/m1/s1. The molecule has 2 fully saturated rings. The minimum atomic E-state index is -0.488. The van der Waals surface area contributed by atoms with Gasteiger partial charge in [0, 0.05) is 7.05 Å². The lowest BCUT2D eigenvalue weighted by Gasteiger charge is -2.40. The molecule has 0 spiro atoms. The van der Waals surface area contributed by atoms with Gasteiger partial charge in [0.15, 0.2) is 0 Å². The number of allylic oxidation sites excluding steroid dienone is 1.